The highest BCUT2D eigenvalue weighted by Gasteiger charge is 2.36. The van der Waals surface area contributed by atoms with Crippen LogP contribution in [-0.2, 0) is 4.79 Å². The highest BCUT2D eigenvalue weighted by molar-refractivity contribution is 5.82. The predicted octanol–water partition coefficient (Wildman–Crippen LogP) is 0.512. The molecule has 0 radical (unpaired) electrons. The van der Waals surface area contributed by atoms with Crippen molar-refractivity contribution in [2.75, 3.05) is 19.6 Å². The number of hydrogen-bond acceptors (Lipinski definition) is 2. The Hall–Kier alpha value is -0.570. The largest absolute Gasteiger partial charge is 0.355 e. The molecule has 3 heteroatoms. The van der Waals surface area contributed by atoms with Crippen LogP contribution in [0.2, 0.25) is 0 Å². The topological polar surface area (TPSA) is 41.1 Å². The summed E-state index contributed by atoms with van der Waals surface area (Å²) in [6.07, 6.45) is 3.58. The first kappa shape index (κ1) is 9.00. The lowest BCUT2D eigenvalue weighted by Crippen LogP contribution is -2.41. The van der Waals surface area contributed by atoms with Gasteiger partial charge in [-0.25, -0.2) is 0 Å². The van der Waals surface area contributed by atoms with Gasteiger partial charge in [-0.15, -0.1) is 0 Å². The van der Waals surface area contributed by atoms with Crippen molar-refractivity contribution in [2.24, 2.45) is 11.3 Å². The fraction of sp³-hybridized carbons (Fsp3) is 0.900. The van der Waals surface area contributed by atoms with Crippen LogP contribution in [0.15, 0.2) is 0 Å². The summed E-state index contributed by atoms with van der Waals surface area (Å²) in [5.41, 5.74) is -0.144. The fourth-order valence-corrected chi connectivity index (χ4v) is 1.78. The Labute approximate surface area is 79.3 Å². The van der Waals surface area contributed by atoms with Crippen molar-refractivity contribution < 1.29 is 4.79 Å². The second kappa shape index (κ2) is 3.29. The summed E-state index contributed by atoms with van der Waals surface area (Å²) in [4.78, 5) is 11.7. The van der Waals surface area contributed by atoms with E-state index in [9.17, 15) is 4.79 Å². The molecule has 1 saturated heterocycles. The summed E-state index contributed by atoms with van der Waals surface area (Å²) < 4.78 is 0. The molecule has 0 bridgehead atoms. The monoisotopic (exact) mass is 182 g/mol. The molecule has 74 valence electrons. The lowest BCUT2D eigenvalue weighted by Gasteiger charge is -2.21. The molecular weight excluding hydrogens is 164 g/mol. The highest BCUT2D eigenvalue weighted by Crippen LogP contribution is 2.29. The molecule has 1 saturated carbocycles. The number of carbonyl (C=O) groups is 1. The summed E-state index contributed by atoms with van der Waals surface area (Å²) in [7, 11) is 0. The predicted molar refractivity (Wildman–Crippen MR) is 51.3 cm³/mol. The van der Waals surface area contributed by atoms with E-state index in [0.29, 0.717) is 0 Å². The molecule has 2 rings (SSSR count). The van der Waals surface area contributed by atoms with Gasteiger partial charge in [0.1, 0.15) is 0 Å². The van der Waals surface area contributed by atoms with Gasteiger partial charge in [-0.3, -0.25) is 4.79 Å². The molecule has 1 atom stereocenters. The van der Waals surface area contributed by atoms with Crippen LogP contribution in [0.1, 0.15) is 26.2 Å². The first-order valence-electron chi connectivity index (χ1n) is 5.20. The van der Waals surface area contributed by atoms with Crippen molar-refractivity contribution in [1.82, 2.24) is 10.6 Å². The molecule has 0 spiro atoms. The van der Waals surface area contributed by atoms with E-state index in [-0.39, 0.29) is 11.3 Å². The third-order valence-corrected chi connectivity index (χ3v) is 3.17. The molecule has 2 aliphatic rings. The fourth-order valence-electron chi connectivity index (χ4n) is 1.78. The van der Waals surface area contributed by atoms with Crippen LogP contribution in [0.4, 0.5) is 0 Å². The molecule has 0 aromatic heterocycles. The van der Waals surface area contributed by atoms with Gasteiger partial charge >= 0.3 is 0 Å². The van der Waals surface area contributed by atoms with Crippen molar-refractivity contribution in [1.29, 1.82) is 0 Å². The van der Waals surface area contributed by atoms with Gasteiger partial charge in [0.2, 0.25) is 5.91 Å². The Morgan fingerprint density at radius 2 is 2.38 bits per heavy atom. The van der Waals surface area contributed by atoms with E-state index in [1.165, 1.54) is 12.8 Å². The SMILES string of the molecule is CC1(C(=O)NCC2CC2)CCNC1. The summed E-state index contributed by atoms with van der Waals surface area (Å²) >= 11 is 0. The third-order valence-electron chi connectivity index (χ3n) is 3.17. The maximum absolute atomic E-state index is 11.7. The second-order valence-electron chi connectivity index (χ2n) is 4.64. The van der Waals surface area contributed by atoms with E-state index in [1.807, 2.05) is 0 Å². The Bertz CT molecular complexity index is 205. The first-order valence-corrected chi connectivity index (χ1v) is 5.20. The average molecular weight is 182 g/mol. The van der Waals surface area contributed by atoms with Crippen LogP contribution >= 0.6 is 0 Å². The number of carbonyl (C=O) groups excluding carboxylic acids is 1. The van der Waals surface area contributed by atoms with E-state index >= 15 is 0 Å². The Kier molecular flexibility index (Phi) is 2.28. The first-order chi connectivity index (χ1) is 6.21. The third kappa shape index (κ3) is 2.02. The van der Waals surface area contributed by atoms with Crippen molar-refractivity contribution >= 4 is 5.91 Å². The van der Waals surface area contributed by atoms with Gasteiger partial charge in [-0.2, -0.15) is 0 Å². The van der Waals surface area contributed by atoms with Gasteiger partial charge < -0.3 is 10.6 Å². The van der Waals surface area contributed by atoms with Crippen LogP contribution in [-0.4, -0.2) is 25.5 Å². The number of hydrogen-bond donors (Lipinski definition) is 2. The normalized spacial score (nSPS) is 33.3. The summed E-state index contributed by atoms with van der Waals surface area (Å²) in [5, 5.41) is 6.28. The Morgan fingerprint density at radius 1 is 1.62 bits per heavy atom. The molecule has 3 nitrogen and oxygen atoms in total. The van der Waals surface area contributed by atoms with Crippen LogP contribution in [0.25, 0.3) is 0 Å². The molecule has 0 aromatic carbocycles. The molecular formula is C10H18N2O. The van der Waals surface area contributed by atoms with Crippen molar-refractivity contribution in [3.8, 4) is 0 Å². The quantitative estimate of drug-likeness (QED) is 0.668. The minimum Gasteiger partial charge on any atom is -0.355 e. The lowest BCUT2D eigenvalue weighted by molar-refractivity contribution is -0.129. The van der Waals surface area contributed by atoms with Gasteiger partial charge in [0.15, 0.2) is 0 Å². The molecule has 1 unspecified atom stereocenters. The zero-order chi connectivity index (χ0) is 9.31. The maximum atomic E-state index is 11.7. The zero-order valence-electron chi connectivity index (χ0n) is 8.23. The van der Waals surface area contributed by atoms with E-state index in [0.717, 1.165) is 32.0 Å². The Balaban J connectivity index is 1.80. The summed E-state index contributed by atoms with van der Waals surface area (Å²) in [5.74, 6) is 1.02. The smallest absolute Gasteiger partial charge is 0.227 e. The molecule has 1 aliphatic heterocycles. The second-order valence-corrected chi connectivity index (χ2v) is 4.64. The minimum atomic E-state index is -0.144. The molecule has 13 heavy (non-hydrogen) atoms. The number of nitrogens with one attached hydrogen (secondary N) is 2. The minimum absolute atomic E-state index is 0.144. The maximum Gasteiger partial charge on any atom is 0.227 e. The van der Waals surface area contributed by atoms with Gasteiger partial charge in [0.25, 0.3) is 0 Å². The summed E-state index contributed by atoms with van der Waals surface area (Å²) in [6, 6.07) is 0. The van der Waals surface area contributed by atoms with Gasteiger partial charge in [-0.1, -0.05) is 0 Å². The van der Waals surface area contributed by atoms with E-state index in [4.69, 9.17) is 0 Å². The highest BCUT2D eigenvalue weighted by atomic mass is 16.2. The number of amides is 1. The molecule has 1 aliphatic carbocycles. The average Bonchev–Trinajstić information content (AvgIpc) is 2.84. The lowest BCUT2D eigenvalue weighted by atomic mass is 9.89. The Morgan fingerprint density at radius 3 is 2.92 bits per heavy atom. The van der Waals surface area contributed by atoms with Crippen LogP contribution in [0.5, 0.6) is 0 Å². The van der Waals surface area contributed by atoms with Crippen molar-refractivity contribution in [3.63, 3.8) is 0 Å². The van der Waals surface area contributed by atoms with E-state index < -0.39 is 0 Å². The van der Waals surface area contributed by atoms with E-state index in [1.54, 1.807) is 0 Å². The number of rotatable bonds is 3. The van der Waals surface area contributed by atoms with Crippen LogP contribution in [0.3, 0.4) is 0 Å². The summed E-state index contributed by atoms with van der Waals surface area (Å²) in [6.45, 7) is 4.76. The van der Waals surface area contributed by atoms with Crippen molar-refractivity contribution in [2.45, 2.75) is 26.2 Å². The van der Waals surface area contributed by atoms with Gasteiger partial charge in [0.05, 0.1) is 5.41 Å². The molecule has 2 fully saturated rings. The van der Waals surface area contributed by atoms with Gasteiger partial charge in [-0.05, 0) is 38.6 Å². The molecule has 0 aromatic rings. The zero-order valence-corrected chi connectivity index (χ0v) is 8.23. The molecule has 1 amide bonds. The molecule has 2 N–H and O–H groups in total. The van der Waals surface area contributed by atoms with E-state index in [2.05, 4.69) is 17.6 Å². The van der Waals surface area contributed by atoms with Crippen molar-refractivity contribution in [3.05, 3.63) is 0 Å². The van der Waals surface area contributed by atoms with Crippen LogP contribution < -0.4 is 10.6 Å². The van der Waals surface area contributed by atoms with Crippen LogP contribution in [0, 0.1) is 11.3 Å². The molecule has 1 heterocycles. The standard InChI is InChI=1S/C10H18N2O/c1-10(4-5-11-7-10)9(13)12-6-8-2-3-8/h8,11H,2-7H2,1H3,(H,12,13). The van der Waals surface area contributed by atoms with Gasteiger partial charge in [0, 0.05) is 13.1 Å².